The molecule has 5 rings (SSSR count). The maximum absolute atomic E-state index is 13.4. The molecule has 0 saturated heterocycles. The third-order valence-corrected chi connectivity index (χ3v) is 6.21. The van der Waals surface area contributed by atoms with Crippen LogP contribution in [0.25, 0.3) is 11.5 Å². The Morgan fingerprint density at radius 2 is 1.61 bits per heavy atom. The van der Waals surface area contributed by atoms with Crippen molar-refractivity contribution >= 4 is 40.6 Å². The summed E-state index contributed by atoms with van der Waals surface area (Å²) < 4.78 is 5.74. The van der Waals surface area contributed by atoms with Crippen LogP contribution in [0.5, 0.6) is 0 Å². The summed E-state index contributed by atoms with van der Waals surface area (Å²) in [4.78, 5) is 15.2. The Labute approximate surface area is 189 Å². The number of nitrogens with zero attached hydrogens (tertiary/aromatic N) is 3. The third-order valence-electron chi connectivity index (χ3n) is 5.18. The van der Waals surface area contributed by atoms with Crippen molar-refractivity contribution < 1.29 is 9.21 Å². The Morgan fingerprint density at radius 3 is 2.29 bits per heavy atom. The van der Waals surface area contributed by atoms with Gasteiger partial charge in [-0.25, -0.2) is 0 Å². The minimum absolute atomic E-state index is 0.0331. The van der Waals surface area contributed by atoms with Gasteiger partial charge in [-0.3, -0.25) is 9.69 Å². The molecule has 0 saturated carbocycles. The number of halogens is 1. The number of hydrogen-bond acceptors (Lipinski definition) is 5. The Balaban J connectivity index is 1.39. The van der Waals surface area contributed by atoms with Crippen LogP contribution < -0.4 is 4.90 Å². The summed E-state index contributed by atoms with van der Waals surface area (Å²) in [6, 6.07) is 23.4. The van der Waals surface area contributed by atoms with E-state index in [1.807, 2.05) is 53.4 Å². The first-order chi connectivity index (χ1) is 15.2. The number of aryl methyl sites for hydroxylation is 2. The Kier molecular flexibility index (Phi) is 5.49. The van der Waals surface area contributed by atoms with Crippen molar-refractivity contribution in [2.24, 2.45) is 0 Å². The second-order valence-corrected chi connectivity index (χ2v) is 8.52. The summed E-state index contributed by atoms with van der Waals surface area (Å²) in [5.41, 5.74) is 4.94. The third kappa shape index (κ3) is 4.09. The number of anilines is 2. The van der Waals surface area contributed by atoms with Crippen LogP contribution in [0.1, 0.15) is 11.1 Å². The van der Waals surface area contributed by atoms with Crippen molar-refractivity contribution in [3.05, 3.63) is 88.9 Å². The lowest BCUT2D eigenvalue weighted by molar-refractivity contribution is -0.115. The molecule has 5 nitrogen and oxygen atoms in total. The fourth-order valence-corrected chi connectivity index (χ4v) is 4.55. The first-order valence-corrected chi connectivity index (χ1v) is 11.3. The van der Waals surface area contributed by atoms with Gasteiger partial charge < -0.3 is 4.42 Å². The van der Waals surface area contributed by atoms with Gasteiger partial charge in [0.2, 0.25) is 11.8 Å². The van der Waals surface area contributed by atoms with Crippen LogP contribution in [0.2, 0.25) is 5.02 Å². The van der Waals surface area contributed by atoms with Gasteiger partial charge in [0.05, 0.1) is 17.1 Å². The molecule has 7 heteroatoms. The topological polar surface area (TPSA) is 59.2 Å². The van der Waals surface area contributed by atoms with E-state index in [4.69, 9.17) is 16.0 Å². The molecule has 1 aliphatic rings. The Bertz CT molecular complexity index is 1210. The standard InChI is InChI=1S/C24H18ClN3O2S/c25-19-9-5-8-18(14-19)23-26-27-24(30-23)31-15-22(29)28-20-10-3-1-6-16(20)12-13-17-7-2-4-11-21(17)28/h1-11,14H,12-13,15H2. The van der Waals surface area contributed by atoms with Crippen LogP contribution in [-0.4, -0.2) is 21.9 Å². The molecule has 0 atom stereocenters. The number of benzene rings is 3. The van der Waals surface area contributed by atoms with Crippen molar-refractivity contribution in [2.75, 3.05) is 10.7 Å². The van der Waals surface area contributed by atoms with Crippen LogP contribution in [-0.2, 0) is 17.6 Å². The van der Waals surface area contributed by atoms with Gasteiger partial charge in [0.25, 0.3) is 5.22 Å². The van der Waals surface area contributed by atoms with Crippen LogP contribution in [0.4, 0.5) is 11.4 Å². The number of amides is 1. The van der Waals surface area contributed by atoms with E-state index >= 15 is 0 Å². The molecular weight excluding hydrogens is 430 g/mol. The van der Waals surface area contributed by atoms with E-state index in [1.165, 1.54) is 11.8 Å². The van der Waals surface area contributed by atoms with Gasteiger partial charge in [-0.05, 0) is 54.3 Å². The van der Waals surface area contributed by atoms with Crippen LogP contribution in [0.15, 0.2) is 82.4 Å². The minimum atomic E-state index is -0.0331. The fourth-order valence-electron chi connectivity index (χ4n) is 3.74. The molecule has 0 N–H and O–H groups in total. The van der Waals surface area contributed by atoms with E-state index in [-0.39, 0.29) is 11.7 Å². The SMILES string of the molecule is O=C(CSc1nnc(-c2cccc(Cl)c2)o1)N1c2ccccc2CCc2ccccc21. The van der Waals surface area contributed by atoms with Crippen molar-refractivity contribution in [3.8, 4) is 11.5 Å². The lowest BCUT2D eigenvalue weighted by Crippen LogP contribution is -2.28. The van der Waals surface area contributed by atoms with E-state index in [9.17, 15) is 4.79 Å². The molecule has 1 amide bonds. The van der Waals surface area contributed by atoms with Gasteiger partial charge in [-0.1, -0.05) is 65.8 Å². The van der Waals surface area contributed by atoms with Crippen LogP contribution in [0.3, 0.4) is 0 Å². The van der Waals surface area contributed by atoms with Crippen molar-refractivity contribution in [1.82, 2.24) is 10.2 Å². The smallest absolute Gasteiger partial charge is 0.277 e. The largest absolute Gasteiger partial charge is 0.411 e. The molecule has 1 aliphatic heterocycles. The molecule has 2 heterocycles. The molecule has 0 spiro atoms. The zero-order valence-corrected chi connectivity index (χ0v) is 18.1. The number of hydrogen-bond donors (Lipinski definition) is 0. The monoisotopic (exact) mass is 447 g/mol. The predicted molar refractivity (Wildman–Crippen MR) is 123 cm³/mol. The van der Waals surface area contributed by atoms with Crippen LogP contribution >= 0.6 is 23.4 Å². The molecule has 0 unspecified atom stereocenters. The normalized spacial score (nSPS) is 12.7. The van der Waals surface area contributed by atoms with Crippen LogP contribution in [0, 0.1) is 0 Å². The molecule has 0 fully saturated rings. The number of fused-ring (bicyclic) bond motifs is 2. The van der Waals surface area contributed by atoms with E-state index in [2.05, 4.69) is 22.3 Å². The van der Waals surface area contributed by atoms with E-state index in [1.54, 1.807) is 12.1 Å². The maximum atomic E-state index is 13.4. The summed E-state index contributed by atoms with van der Waals surface area (Å²) >= 11 is 7.27. The van der Waals surface area contributed by atoms with Crippen molar-refractivity contribution in [3.63, 3.8) is 0 Å². The molecular formula is C24H18ClN3O2S. The van der Waals surface area contributed by atoms with Gasteiger partial charge in [-0.15, -0.1) is 10.2 Å². The molecule has 4 aromatic rings. The average molecular weight is 448 g/mol. The summed E-state index contributed by atoms with van der Waals surface area (Å²) in [5.74, 6) is 0.525. The van der Waals surface area contributed by atoms with Gasteiger partial charge in [0, 0.05) is 10.6 Å². The van der Waals surface area contributed by atoms with Gasteiger partial charge in [0.15, 0.2) is 0 Å². The predicted octanol–water partition coefficient (Wildman–Crippen LogP) is 5.95. The fraction of sp³-hybridized carbons (Fsp3) is 0.125. The zero-order chi connectivity index (χ0) is 21.2. The Morgan fingerprint density at radius 1 is 0.935 bits per heavy atom. The number of aromatic nitrogens is 2. The van der Waals surface area contributed by atoms with Crippen molar-refractivity contribution in [1.29, 1.82) is 0 Å². The highest BCUT2D eigenvalue weighted by atomic mass is 35.5. The number of thioether (sulfide) groups is 1. The van der Waals surface area contributed by atoms with E-state index in [0.29, 0.717) is 16.1 Å². The van der Waals surface area contributed by atoms with Gasteiger partial charge in [0.1, 0.15) is 0 Å². The highest BCUT2D eigenvalue weighted by Crippen LogP contribution is 2.37. The van der Waals surface area contributed by atoms with Gasteiger partial charge in [-0.2, -0.15) is 0 Å². The second-order valence-electron chi connectivity index (χ2n) is 7.16. The summed E-state index contributed by atoms with van der Waals surface area (Å²) in [6.07, 6.45) is 1.80. The van der Waals surface area contributed by atoms with E-state index in [0.717, 1.165) is 40.9 Å². The molecule has 0 bridgehead atoms. The highest BCUT2D eigenvalue weighted by molar-refractivity contribution is 7.99. The number of carbonyl (C=O) groups excluding carboxylic acids is 1. The quantitative estimate of drug-likeness (QED) is 0.362. The summed E-state index contributed by atoms with van der Waals surface area (Å²) in [6.45, 7) is 0. The number of carbonyl (C=O) groups is 1. The molecule has 3 aromatic carbocycles. The molecule has 1 aromatic heterocycles. The second kappa shape index (κ2) is 8.57. The molecule has 31 heavy (non-hydrogen) atoms. The molecule has 154 valence electrons. The maximum Gasteiger partial charge on any atom is 0.277 e. The summed E-state index contributed by atoms with van der Waals surface area (Å²) in [5, 5.41) is 9.11. The van der Waals surface area contributed by atoms with Crippen molar-refractivity contribution in [2.45, 2.75) is 18.1 Å². The highest BCUT2D eigenvalue weighted by Gasteiger charge is 2.26. The lowest BCUT2D eigenvalue weighted by atomic mass is 10.0. The minimum Gasteiger partial charge on any atom is -0.411 e. The molecule has 0 radical (unpaired) electrons. The average Bonchev–Trinajstić information content (AvgIpc) is 3.20. The van der Waals surface area contributed by atoms with Gasteiger partial charge >= 0.3 is 0 Å². The number of para-hydroxylation sites is 2. The van der Waals surface area contributed by atoms with E-state index < -0.39 is 0 Å². The first kappa shape index (κ1) is 19.8. The Hall–Kier alpha value is -3.09. The lowest BCUT2D eigenvalue weighted by Gasteiger charge is -2.24. The summed E-state index contributed by atoms with van der Waals surface area (Å²) in [7, 11) is 0. The number of rotatable bonds is 4. The first-order valence-electron chi connectivity index (χ1n) is 9.90. The zero-order valence-electron chi connectivity index (χ0n) is 16.5. The molecule has 0 aliphatic carbocycles.